The molecule has 0 amide bonds. The van der Waals surface area contributed by atoms with E-state index in [4.69, 9.17) is 4.98 Å². The van der Waals surface area contributed by atoms with Crippen LogP contribution in [-0.4, -0.2) is 61.1 Å². The Morgan fingerprint density at radius 3 is 2.61 bits per heavy atom. The van der Waals surface area contributed by atoms with Crippen molar-refractivity contribution in [3.8, 4) is 33.9 Å². The molecule has 1 atom stereocenters. The van der Waals surface area contributed by atoms with E-state index in [0.717, 1.165) is 17.4 Å². The maximum Gasteiger partial charge on any atom is 0.209 e. The third-order valence-corrected chi connectivity index (χ3v) is 7.58. The van der Waals surface area contributed by atoms with Gasteiger partial charge in [-0.1, -0.05) is 13.8 Å². The first kappa shape index (κ1) is 29.3. The van der Waals surface area contributed by atoms with Crippen LogP contribution in [0.2, 0.25) is 0 Å². The second-order valence-corrected chi connectivity index (χ2v) is 12.9. The average molecular weight is 616 g/mol. The number of pyridine rings is 3. The fourth-order valence-electron chi connectivity index (χ4n) is 4.98. The fourth-order valence-corrected chi connectivity index (χ4v) is 5.41. The van der Waals surface area contributed by atoms with Crippen LogP contribution in [0.1, 0.15) is 25.8 Å². The maximum atomic E-state index is 14.6. The van der Waals surface area contributed by atoms with Crippen LogP contribution in [0.25, 0.3) is 56.0 Å². The molecule has 6 rings (SSSR count). The number of nitrogens with one attached hydrogen (secondary N) is 4. The van der Waals surface area contributed by atoms with Gasteiger partial charge in [-0.3, -0.25) is 15.1 Å². The molecule has 0 fully saturated rings. The van der Waals surface area contributed by atoms with Crippen molar-refractivity contribution in [2.24, 2.45) is 5.92 Å². The molecular formula is C30H30FN9O3S. The number of aromatic nitrogens is 7. The smallest absolute Gasteiger partial charge is 0.209 e. The van der Waals surface area contributed by atoms with Gasteiger partial charge in [0.15, 0.2) is 11.5 Å². The van der Waals surface area contributed by atoms with E-state index in [-0.39, 0.29) is 6.54 Å². The van der Waals surface area contributed by atoms with Gasteiger partial charge in [0, 0.05) is 41.8 Å². The number of halogens is 1. The number of rotatable bonds is 10. The van der Waals surface area contributed by atoms with Crippen molar-refractivity contribution >= 4 is 37.8 Å². The van der Waals surface area contributed by atoms with Gasteiger partial charge < -0.3 is 15.4 Å². The highest BCUT2D eigenvalue weighted by atomic mass is 32.2. The number of aliphatic hydroxyl groups excluding tert-OH is 1. The zero-order valence-corrected chi connectivity index (χ0v) is 24.9. The second kappa shape index (κ2) is 11.7. The summed E-state index contributed by atoms with van der Waals surface area (Å²) in [5, 5.41) is 21.5. The molecule has 12 nitrogen and oxygen atoms in total. The molecule has 14 heteroatoms. The van der Waals surface area contributed by atoms with Crippen molar-refractivity contribution in [3.05, 3.63) is 72.6 Å². The van der Waals surface area contributed by atoms with Gasteiger partial charge in [0.2, 0.25) is 10.0 Å². The Morgan fingerprint density at radius 2 is 1.82 bits per heavy atom. The molecule has 5 heterocycles. The SMILES string of the molecule is CC(C)CC(O)Nc1cncc(-c2cnc3[nH]nc(-c4nc5c(-c6cc(F)cc(CNS(C)(=O)=O)c6)nccc5[nH]4)c3c2)c1. The second-order valence-electron chi connectivity index (χ2n) is 11.0. The van der Waals surface area contributed by atoms with Crippen LogP contribution in [-0.2, 0) is 16.6 Å². The highest BCUT2D eigenvalue weighted by Crippen LogP contribution is 2.32. The van der Waals surface area contributed by atoms with Gasteiger partial charge in [-0.05, 0) is 54.3 Å². The fraction of sp³-hybridized carbons (Fsp3) is 0.233. The molecule has 0 bridgehead atoms. The number of anilines is 1. The minimum Gasteiger partial charge on any atom is -0.374 e. The monoisotopic (exact) mass is 615 g/mol. The van der Waals surface area contributed by atoms with Gasteiger partial charge >= 0.3 is 0 Å². The van der Waals surface area contributed by atoms with Gasteiger partial charge in [0.25, 0.3) is 0 Å². The van der Waals surface area contributed by atoms with E-state index in [1.807, 2.05) is 26.0 Å². The number of aromatic amines is 2. The molecule has 1 aromatic carbocycles. The normalized spacial score (nSPS) is 12.8. The lowest BCUT2D eigenvalue weighted by atomic mass is 10.1. The van der Waals surface area contributed by atoms with Gasteiger partial charge in [-0.25, -0.2) is 27.5 Å². The highest BCUT2D eigenvalue weighted by molar-refractivity contribution is 7.88. The summed E-state index contributed by atoms with van der Waals surface area (Å²) in [6.07, 6.45) is 7.65. The van der Waals surface area contributed by atoms with Crippen LogP contribution in [0.3, 0.4) is 0 Å². The summed E-state index contributed by atoms with van der Waals surface area (Å²) in [4.78, 5) is 21.4. The molecule has 0 saturated carbocycles. The summed E-state index contributed by atoms with van der Waals surface area (Å²) in [5.41, 5.74) is 5.86. The Hall–Kier alpha value is -4.79. The first-order valence-corrected chi connectivity index (χ1v) is 15.8. The molecule has 0 spiro atoms. The third-order valence-electron chi connectivity index (χ3n) is 6.91. The highest BCUT2D eigenvalue weighted by Gasteiger charge is 2.18. The number of hydrogen-bond donors (Lipinski definition) is 5. The summed E-state index contributed by atoms with van der Waals surface area (Å²) in [6.45, 7) is 4.02. The zero-order valence-electron chi connectivity index (χ0n) is 24.1. The predicted molar refractivity (Wildman–Crippen MR) is 166 cm³/mol. The number of sulfonamides is 1. The first-order chi connectivity index (χ1) is 21.0. The van der Waals surface area contributed by atoms with Crippen LogP contribution in [0.4, 0.5) is 10.1 Å². The summed E-state index contributed by atoms with van der Waals surface area (Å²) in [5.74, 6) is 0.267. The van der Waals surface area contributed by atoms with Crippen LogP contribution < -0.4 is 10.0 Å². The molecule has 0 aliphatic rings. The average Bonchev–Trinajstić information content (AvgIpc) is 3.59. The Bertz CT molecular complexity index is 2090. The number of fused-ring (bicyclic) bond motifs is 2. The van der Waals surface area contributed by atoms with E-state index in [2.05, 4.69) is 40.2 Å². The minimum absolute atomic E-state index is 0.0625. The number of H-pyrrole nitrogens is 2. The van der Waals surface area contributed by atoms with Gasteiger partial charge in [-0.2, -0.15) is 5.10 Å². The summed E-state index contributed by atoms with van der Waals surface area (Å²) < 4.78 is 40.1. The van der Waals surface area contributed by atoms with E-state index in [1.54, 1.807) is 36.9 Å². The summed E-state index contributed by atoms with van der Waals surface area (Å²) >= 11 is 0. The van der Waals surface area contributed by atoms with E-state index in [9.17, 15) is 17.9 Å². The molecule has 226 valence electrons. The summed E-state index contributed by atoms with van der Waals surface area (Å²) in [6, 6.07) is 9.88. The van der Waals surface area contributed by atoms with Crippen LogP contribution in [0, 0.1) is 11.7 Å². The topological polar surface area (TPSA) is 174 Å². The molecule has 0 aliphatic carbocycles. The summed E-state index contributed by atoms with van der Waals surface area (Å²) in [7, 11) is -3.46. The number of hydrogen-bond acceptors (Lipinski definition) is 9. The molecule has 0 aliphatic heterocycles. The zero-order chi connectivity index (χ0) is 31.0. The molecule has 0 radical (unpaired) electrons. The molecule has 5 N–H and O–H groups in total. The third kappa shape index (κ3) is 6.41. The lowest BCUT2D eigenvalue weighted by molar-refractivity contribution is 0.176. The van der Waals surface area contributed by atoms with E-state index in [0.29, 0.717) is 68.4 Å². The van der Waals surface area contributed by atoms with Gasteiger partial charge in [0.1, 0.15) is 23.3 Å². The number of imidazole rings is 1. The number of nitrogens with zero attached hydrogens (tertiary/aromatic N) is 5. The van der Waals surface area contributed by atoms with Crippen LogP contribution in [0.15, 0.2) is 61.2 Å². The van der Waals surface area contributed by atoms with E-state index >= 15 is 0 Å². The standard InChI is InChI=1S/C30H30FN9O3S/c1-16(2)6-25(41)36-22-10-19(13-32-15-22)20-11-23-27(39-40-29(23)34-14-20)30-37-24-4-5-33-26(28(24)38-30)18-7-17(8-21(31)9-18)12-35-44(3,42)43/h4-5,7-11,13-16,25,35-36,41H,6,12H2,1-3H3,(H,37,38)(H,34,39,40). The van der Waals surface area contributed by atoms with E-state index in [1.165, 1.54) is 12.1 Å². The maximum absolute atomic E-state index is 14.6. The Balaban J connectivity index is 1.35. The van der Waals surface area contributed by atoms with Crippen LogP contribution in [0.5, 0.6) is 0 Å². The Labute approximate surface area is 252 Å². The minimum atomic E-state index is -3.46. The molecule has 5 aromatic heterocycles. The van der Waals surface area contributed by atoms with Crippen LogP contribution >= 0.6 is 0 Å². The van der Waals surface area contributed by atoms with Gasteiger partial charge in [-0.15, -0.1) is 0 Å². The van der Waals surface area contributed by atoms with Crippen molar-refractivity contribution in [3.63, 3.8) is 0 Å². The molecule has 44 heavy (non-hydrogen) atoms. The first-order valence-electron chi connectivity index (χ1n) is 13.9. The van der Waals surface area contributed by atoms with Crippen molar-refractivity contribution in [1.82, 2.24) is 39.8 Å². The van der Waals surface area contributed by atoms with Gasteiger partial charge in [0.05, 0.1) is 34.7 Å². The number of aliphatic hydroxyl groups is 1. The van der Waals surface area contributed by atoms with Crippen molar-refractivity contribution in [2.45, 2.75) is 33.0 Å². The quantitative estimate of drug-likeness (QED) is 0.138. The van der Waals surface area contributed by atoms with Crippen molar-refractivity contribution in [1.29, 1.82) is 0 Å². The lowest BCUT2D eigenvalue weighted by Gasteiger charge is -2.16. The van der Waals surface area contributed by atoms with E-state index < -0.39 is 22.1 Å². The Kier molecular flexibility index (Phi) is 7.80. The predicted octanol–water partition coefficient (Wildman–Crippen LogP) is 4.59. The lowest BCUT2D eigenvalue weighted by Crippen LogP contribution is -2.21. The largest absolute Gasteiger partial charge is 0.374 e. The molecule has 0 saturated heterocycles. The number of benzene rings is 1. The molecule has 1 unspecified atom stereocenters. The van der Waals surface area contributed by atoms with Crippen molar-refractivity contribution in [2.75, 3.05) is 11.6 Å². The van der Waals surface area contributed by atoms with Crippen molar-refractivity contribution < 1.29 is 17.9 Å². The Morgan fingerprint density at radius 1 is 1.00 bits per heavy atom. The molecule has 6 aromatic rings. The molecular weight excluding hydrogens is 585 g/mol.